The Morgan fingerprint density at radius 1 is 1.64 bits per heavy atom. The molecular weight excluding hydrogens is 178 g/mol. The van der Waals surface area contributed by atoms with Crippen molar-refractivity contribution in [3.8, 4) is 0 Å². The smallest absolute Gasteiger partial charge is 0.222 e. The van der Waals surface area contributed by atoms with E-state index in [4.69, 9.17) is 4.74 Å². The van der Waals surface area contributed by atoms with Crippen molar-refractivity contribution < 1.29 is 9.53 Å². The summed E-state index contributed by atoms with van der Waals surface area (Å²) in [5, 5.41) is 2.95. The zero-order chi connectivity index (χ0) is 10.4. The van der Waals surface area contributed by atoms with Gasteiger partial charge in [0.1, 0.15) is 0 Å². The zero-order valence-corrected chi connectivity index (χ0v) is 9.21. The van der Waals surface area contributed by atoms with Crippen molar-refractivity contribution in [2.45, 2.75) is 45.6 Å². The van der Waals surface area contributed by atoms with Crippen LogP contribution >= 0.6 is 0 Å². The van der Waals surface area contributed by atoms with Crippen LogP contribution in [0.1, 0.15) is 39.5 Å². The molecule has 0 aromatic heterocycles. The largest absolute Gasteiger partial charge is 0.376 e. The summed E-state index contributed by atoms with van der Waals surface area (Å²) >= 11 is 0. The molecule has 1 aliphatic rings. The van der Waals surface area contributed by atoms with Crippen molar-refractivity contribution >= 4 is 5.91 Å². The number of hydrogen-bond donors (Lipinski definition) is 1. The van der Waals surface area contributed by atoms with Gasteiger partial charge in [0, 0.05) is 19.1 Å². The quantitative estimate of drug-likeness (QED) is 0.732. The average Bonchev–Trinajstić information content (AvgIpc) is 2.67. The highest BCUT2D eigenvalue weighted by Crippen LogP contribution is 2.11. The monoisotopic (exact) mass is 199 g/mol. The first-order valence-corrected chi connectivity index (χ1v) is 5.63. The Morgan fingerprint density at radius 2 is 2.43 bits per heavy atom. The molecule has 14 heavy (non-hydrogen) atoms. The van der Waals surface area contributed by atoms with E-state index in [0.29, 0.717) is 6.54 Å². The van der Waals surface area contributed by atoms with Crippen LogP contribution in [0.5, 0.6) is 0 Å². The number of carbonyl (C=O) groups excluding carboxylic acids is 1. The second-order valence-corrected chi connectivity index (χ2v) is 4.07. The molecule has 2 atom stereocenters. The van der Waals surface area contributed by atoms with E-state index in [1.165, 1.54) is 0 Å². The van der Waals surface area contributed by atoms with Crippen molar-refractivity contribution in [2.24, 2.45) is 5.92 Å². The van der Waals surface area contributed by atoms with Crippen LogP contribution < -0.4 is 5.32 Å². The normalized spacial score (nSPS) is 23.4. The maximum atomic E-state index is 11.5. The second kappa shape index (κ2) is 6.02. The molecular formula is C11H21NO2. The minimum absolute atomic E-state index is 0.140. The number of hydrogen-bond acceptors (Lipinski definition) is 2. The summed E-state index contributed by atoms with van der Waals surface area (Å²) in [7, 11) is 0. The lowest BCUT2D eigenvalue weighted by Crippen LogP contribution is -2.35. The molecule has 0 saturated carbocycles. The van der Waals surface area contributed by atoms with Crippen LogP contribution in [0, 0.1) is 5.92 Å². The molecule has 1 heterocycles. The van der Waals surface area contributed by atoms with Crippen molar-refractivity contribution in [2.75, 3.05) is 13.2 Å². The molecule has 0 aromatic carbocycles. The molecule has 1 fully saturated rings. The van der Waals surface area contributed by atoms with Gasteiger partial charge in [-0.05, 0) is 19.3 Å². The third-order valence-corrected chi connectivity index (χ3v) is 2.70. The maximum Gasteiger partial charge on any atom is 0.222 e. The fourth-order valence-corrected chi connectivity index (χ4v) is 1.76. The maximum absolute atomic E-state index is 11.5. The molecule has 1 N–H and O–H groups in total. The number of nitrogens with one attached hydrogen (secondary N) is 1. The van der Waals surface area contributed by atoms with E-state index in [2.05, 4.69) is 12.2 Å². The van der Waals surface area contributed by atoms with Gasteiger partial charge in [-0.1, -0.05) is 20.3 Å². The Hall–Kier alpha value is -0.570. The van der Waals surface area contributed by atoms with Crippen molar-refractivity contribution in [3.05, 3.63) is 0 Å². The summed E-state index contributed by atoms with van der Waals surface area (Å²) < 4.78 is 5.43. The van der Waals surface area contributed by atoms with Gasteiger partial charge < -0.3 is 10.1 Å². The highest BCUT2D eigenvalue weighted by Gasteiger charge is 2.17. The van der Waals surface area contributed by atoms with Crippen molar-refractivity contribution in [3.63, 3.8) is 0 Å². The Bertz CT molecular complexity index is 176. The highest BCUT2D eigenvalue weighted by molar-refractivity contribution is 5.78. The average molecular weight is 199 g/mol. The fraction of sp³-hybridized carbons (Fsp3) is 0.909. The van der Waals surface area contributed by atoms with Gasteiger partial charge in [-0.3, -0.25) is 4.79 Å². The lowest BCUT2D eigenvalue weighted by atomic mass is 10.1. The highest BCUT2D eigenvalue weighted by atomic mass is 16.5. The van der Waals surface area contributed by atoms with Crippen LogP contribution in [0.15, 0.2) is 0 Å². The minimum Gasteiger partial charge on any atom is -0.376 e. The molecule has 82 valence electrons. The van der Waals surface area contributed by atoms with Crippen LogP contribution in [-0.2, 0) is 9.53 Å². The summed E-state index contributed by atoms with van der Waals surface area (Å²) in [4.78, 5) is 11.5. The first-order valence-electron chi connectivity index (χ1n) is 5.63. The Kier molecular flexibility index (Phi) is 4.94. The molecule has 0 bridgehead atoms. The Morgan fingerprint density at radius 3 is 3.00 bits per heavy atom. The summed E-state index contributed by atoms with van der Waals surface area (Å²) in [5.41, 5.74) is 0. The van der Waals surface area contributed by atoms with E-state index >= 15 is 0 Å². The van der Waals surface area contributed by atoms with Crippen LogP contribution in [0.2, 0.25) is 0 Å². The molecule has 0 unspecified atom stereocenters. The fourth-order valence-electron chi connectivity index (χ4n) is 1.76. The Balaban J connectivity index is 2.13. The van der Waals surface area contributed by atoms with Gasteiger partial charge >= 0.3 is 0 Å². The molecule has 0 spiro atoms. The predicted octanol–water partition coefficient (Wildman–Crippen LogP) is 1.72. The van der Waals surface area contributed by atoms with Crippen LogP contribution in [0.25, 0.3) is 0 Å². The summed E-state index contributed by atoms with van der Waals surface area (Å²) in [6, 6.07) is 0. The summed E-state index contributed by atoms with van der Waals surface area (Å²) in [5.74, 6) is 0.309. The number of amides is 1. The second-order valence-electron chi connectivity index (χ2n) is 4.07. The first kappa shape index (κ1) is 11.5. The molecule has 1 saturated heterocycles. The third kappa shape index (κ3) is 3.66. The standard InChI is InChI=1S/C11H21NO2/c1-3-5-9(2)11(13)12-8-10-6-4-7-14-10/h9-10H,3-8H2,1-2H3,(H,12,13)/t9-,10+/m1/s1. The predicted molar refractivity (Wildman–Crippen MR) is 56.1 cm³/mol. The van der Waals surface area contributed by atoms with Crippen LogP contribution in [0.4, 0.5) is 0 Å². The van der Waals surface area contributed by atoms with E-state index in [-0.39, 0.29) is 17.9 Å². The number of ether oxygens (including phenoxy) is 1. The van der Waals surface area contributed by atoms with E-state index in [1.807, 2.05) is 6.92 Å². The van der Waals surface area contributed by atoms with Crippen LogP contribution in [-0.4, -0.2) is 25.2 Å². The van der Waals surface area contributed by atoms with Gasteiger partial charge in [0.25, 0.3) is 0 Å². The first-order chi connectivity index (χ1) is 6.74. The molecule has 0 radical (unpaired) electrons. The van der Waals surface area contributed by atoms with E-state index in [0.717, 1.165) is 32.3 Å². The van der Waals surface area contributed by atoms with Crippen LogP contribution in [0.3, 0.4) is 0 Å². The number of carbonyl (C=O) groups is 1. The molecule has 3 heteroatoms. The molecule has 0 aromatic rings. The topological polar surface area (TPSA) is 38.3 Å². The van der Waals surface area contributed by atoms with Gasteiger partial charge in [0.15, 0.2) is 0 Å². The third-order valence-electron chi connectivity index (χ3n) is 2.70. The molecule has 1 aliphatic heterocycles. The van der Waals surface area contributed by atoms with Gasteiger partial charge in [0.05, 0.1) is 6.10 Å². The lowest BCUT2D eigenvalue weighted by Gasteiger charge is -2.14. The van der Waals surface area contributed by atoms with Gasteiger partial charge in [0.2, 0.25) is 5.91 Å². The van der Waals surface area contributed by atoms with E-state index in [1.54, 1.807) is 0 Å². The molecule has 0 aliphatic carbocycles. The van der Waals surface area contributed by atoms with Gasteiger partial charge in [-0.25, -0.2) is 0 Å². The minimum atomic E-state index is 0.140. The number of rotatable bonds is 5. The van der Waals surface area contributed by atoms with Gasteiger partial charge in [-0.15, -0.1) is 0 Å². The SMILES string of the molecule is CCC[C@@H](C)C(=O)NC[C@@H]1CCCO1. The summed E-state index contributed by atoms with van der Waals surface area (Å²) in [6.45, 7) is 5.62. The van der Waals surface area contributed by atoms with Gasteiger partial charge in [-0.2, -0.15) is 0 Å². The summed E-state index contributed by atoms with van der Waals surface area (Å²) in [6.07, 6.45) is 4.51. The molecule has 1 rings (SSSR count). The van der Waals surface area contributed by atoms with Crippen molar-refractivity contribution in [1.82, 2.24) is 5.32 Å². The van der Waals surface area contributed by atoms with Crippen molar-refractivity contribution in [1.29, 1.82) is 0 Å². The Labute approximate surface area is 86.2 Å². The molecule has 1 amide bonds. The zero-order valence-electron chi connectivity index (χ0n) is 9.21. The lowest BCUT2D eigenvalue weighted by molar-refractivity contribution is -0.125. The van der Waals surface area contributed by atoms with E-state index < -0.39 is 0 Å². The molecule has 3 nitrogen and oxygen atoms in total. The van der Waals surface area contributed by atoms with E-state index in [9.17, 15) is 4.79 Å².